The quantitative estimate of drug-likeness (QED) is 0.374. The lowest BCUT2D eigenvalue weighted by atomic mass is 9.61. The van der Waals surface area contributed by atoms with Crippen LogP contribution in [0.1, 0.15) is 97.8 Å². The summed E-state index contributed by atoms with van der Waals surface area (Å²) in [5.74, 6) is 1.87. The van der Waals surface area contributed by atoms with Gasteiger partial charge in [-0.1, -0.05) is 70.9 Å². The Labute approximate surface area is 214 Å². The van der Waals surface area contributed by atoms with Crippen LogP contribution in [-0.2, 0) is 4.74 Å². The third kappa shape index (κ3) is 5.73. The number of aliphatic hydroxyl groups excluding tert-OH is 2. The molecule has 4 fully saturated rings. The van der Waals surface area contributed by atoms with Crippen LogP contribution in [0.3, 0.4) is 0 Å². The highest BCUT2D eigenvalue weighted by molar-refractivity contribution is 5.38. The minimum Gasteiger partial charge on any atom is -0.393 e. The molecule has 4 aliphatic carbocycles. The lowest BCUT2D eigenvalue weighted by Gasteiger charge is -2.44. The lowest BCUT2D eigenvalue weighted by Crippen LogP contribution is -2.37. The summed E-state index contributed by atoms with van der Waals surface area (Å²) in [7, 11) is 0. The van der Waals surface area contributed by atoms with E-state index >= 15 is 0 Å². The molecule has 35 heavy (non-hydrogen) atoms. The fourth-order valence-corrected chi connectivity index (χ4v) is 8.02. The zero-order chi connectivity index (χ0) is 25.2. The van der Waals surface area contributed by atoms with E-state index in [1.165, 1.54) is 63.4 Å². The van der Waals surface area contributed by atoms with Crippen LogP contribution >= 0.6 is 0 Å². The van der Waals surface area contributed by atoms with E-state index in [0.29, 0.717) is 42.6 Å². The maximum Gasteiger partial charge on any atom is 0.0811 e. The standard InChI is InChI=1S/C32H50O3/c1-22(20-35-21-23(2)31(4)15-7-6-8-16-31)28-13-14-29-25(10-9-17-32(28,29)5)11-12-26-18-27(33)19-30(34)24(26)3/h11-12,22,27-30,33-34H,2-3,6-10,13-21H2,1,4-5H3/b25-11+,26-12-/t22-,27-,28-,29+,30+,32?/m1/s1. The van der Waals surface area contributed by atoms with Crippen LogP contribution in [0.25, 0.3) is 0 Å². The average Bonchev–Trinajstić information content (AvgIpc) is 3.18. The number of rotatable bonds is 7. The number of aliphatic hydroxyl groups is 2. The van der Waals surface area contributed by atoms with E-state index in [2.05, 4.69) is 46.1 Å². The van der Waals surface area contributed by atoms with Crippen molar-refractivity contribution in [3.63, 3.8) is 0 Å². The molecular weight excluding hydrogens is 432 g/mol. The van der Waals surface area contributed by atoms with Gasteiger partial charge in [0.1, 0.15) is 0 Å². The molecule has 0 bridgehead atoms. The van der Waals surface area contributed by atoms with Gasteiger partial charge >= 0.3 is 0 Å². The number of hydrogen-bond donors (Lipinski definition) is 2. The molecule has 0 aromatic heterocycles. The van der Waals surface area contributed by atoms with Crippen molar-refractivity contribution in [1.29, 1.82) is 0 Å². The van der Waals surface area contributed by atoms with E-state index in [1.807, 2.05) is 0 Å². The zero-order valence-electron chi connectivity index (χ0n) is 22.7. The van der Waals surface area contributed by atoms with E-state index in [-0.39, 0.29) is 5.41 Å². The van der Waals surface area contributed by atoms with E-state index < -0.39 is 12.2 Å². The Kier molecular flexibility index (Phi) is 8.51. The monoisotopic (exact) mass is 482 g/mol. The molecule has 0 aromatic carbocycles. The lowest BCUT2D eigenvalue weighted by molar-refractivity contribution is 0.0364. The molecule has 4 saturated carbocycles. The van der Waals surface area contributed by atoms with Crippen LogP contribution in [0.15, 0.2) is 47.6 Å². The molecule has 0 saturated heterocycles. The second-order valence-electron chi connectivity index (χ2n) is 12.9. The Bertz CT molecular complexity index is 845. The van der Waals surface area contributed by atoms with Gasteiger partial charge < -0.3 is 14.9 Å². The minimum atomic E-state index is -0.617. The maximum atomic E-state index is 10.2. The summed E-state index contributed by atoms with van der Waals surface area (Å²) >= 11 is 0. The summed E-state index contributed by atoms with van der Waals surface area (Å²) < 4.78 is 6.32. The SMILES string of the molecule is C=C1/C(=C\C=C2/CCCC3(C)[C@@H]([C@H](C)COCC(=C)C4(C)CCCCC4)CC[C@@H]23)C[C@@H](O)C[C@@H]1O. The first kappa shape index (κ1) is 26.9. The van der Waals surface area contributed by atoms with Gasteiger partial charge in [-0.3, -0.25) is 0 Å². The second kappa shape index (κ2) is 11.1. The molecule has 4 rings (SSSR count). The first-order valence-corrected chi connectivity index (χ1v) is 14.3. The Morgan fingerprint density at radius 2 is 1.83 bits per heavy atom. The third-order valence-electron chi connectivity index (χ3n) is 10.5. The van der Waals surface area contributed by atoms with E-state index in [4.69, 9.17) is 4.74 Å². The van der Waals surface area contributed by atoms with E-state index in [0.717, 1.165) is 24.2 Å². The van der Waals surface area contributed by atoms with Crippen molar-refractivity contribution in [2.75, 3.05) is 13.2 Å². The molecule has 0 radical (unpaired) electrons. The van der Waals surface area contributed by atoms with Gasteiger partial charge in [0.15, 0.2) is 0 Å². The van der Waals surface area contributed by atoms with Gasteiger partial charge in [-0.2, -0.15) is 0 Å². The van der Waals surface area contributed by atoms with Crippen LogP contribution < -0.4 is 0 Å². The molecule has 2 N–H and O–H groups in total. The molecule has 1 unspecified atom stereocenters. The van der Waals surface area contributed by atoms with Crippen molar-refractivity contribution in [1.82, 2.24) is 0 Å². The van der Waals surface area contributed by atoms with Crippen LogP contribution in [0.2, 0.25) is 0 Å². The van der Waals surface area contributed by atoms with Crippen LogP contribution in [0, 0.1) is 28.6 Å². The Hall–Kier alpha value is -1.16. The van der Waals surface area contributed by atoms with Gasteiger partial charge in [-0.05, 0) is 96.7 Å². The smallest absolute Gasteiger partial charge is 0.0811 e. The van der Waals surface area contributed by atoms with Gasteiger partial charge in [0.05, 0.1) is 18.8 Å². The molecule has 0 aliphatic heterocycles. The van der Waals surface area contributed by atoms with Gasteiger partial charge in [-0.25, -0.2) is 0 Å². The first-order chi connectivity index (χ1) is 16.6. The van der Waals surface area contributed by atoms with Crippen molar-refractivity contribution >= 4 is 0 Å². The Morgan fingerprint density at radius 3 is 2.57 bits per heavy atom. The molecule has 0 amide bonds. The van der Waals surface area contributed by atoms with Crippen LogP contribution in [-0.4, -0.2) is 35.6 Å². The van der Waals surface area contributed by atoms with Crippen molar-refractivity contribution in [2.45, 2.75) is 110 Å². The number of hydrogen-bond acceptors (Lipinski definition) is 3. The summed E-state index contributed by atoms with van der Waals surface area (Å²) in [5.41, 5.74) is 5.27. The fraction of sp³-hybridized carbons (Fsp3) is 0.750. The van der Waals surface area contributed by atoms with Gasteiger partial charge in [-0.15, -0.1) is 0 Å². The zero-order valence-corrected chi connectivity index (χ0v) is 22.7. The highest BCUT2D eigenvalue weighted by atomic mass is 16.5. The highest BCUT2D eigenvalue weighted by Gasteiger charge is 2.50. The Balaban J connectivity index is 1.36. The molecule has 6 atom stereocenters. The van der Waals surface area contributed by atoms with Crippen molar-refractivity contribution in [3.8, 4) is 0 Å². The Morgan fingerprint density at radius 1 is 1.09 bits per heavy atom. The topological polar surface area (TPSA) is 49.7 Å². The molecule has 0 heterocycles. The molecule has 3 nitrogen and oxygen atoms in total. The number of fused-ring (bicyclic) bond motifs is 1. The molecule has 4 aliphatic rings. The van der Waals surface area contributed by atoms with Crippen LogP contribution in [0.4, 0.5) is 0 Å². The highest BCUT2D eigenvalue weighted by Crippen LogP contribution is 2.59. The van der Waals surface area contributed by atoms with Gasteiger partial charge in [0, 0.05) is 13.0 Å². The predicted molar refractivity (Wildman–Crippen MR) is 145 cm³/mol. The predicted octanol–water partition coefficient (Wildman–Crippen LogP) is 7.31. The number of allylic oxidation sites excluding steroid dienone is 3. The summed E-state index contributed by atoms with van der Waals surface area (Å²) in [6.07, 6.45) is 17.2. The minimum absolute atomic E-state index is 0.277. The average molecular weight is 483 g/mol. The molecule has 0 spiro atoms. The summed E-state index contributed by atoms with van der Waals surface area (Å²) in [6, 6.07) is 0. The second-order valence-corrected chi connectivity index (χ2v) is 12.9. The summed E-state index contributed by atoms with van der Waals surface area (Å²) in [4.78, 5) is 0. The fourth-order valence-electron chi connectivity index (χ4n) is 8.02. The normalized spacial score (nSPS) is 38.5. The van der Waals surface area contributed by atoms with Gasteiger partial charge in [0.25, 0.3) is 0 Å². The first-order valence-electron chi connectivity index (χ1n) is 14.3. The molecular formula is C32H50O3. The largest absolute Gasteiger partial charge is 0.393 e. The molecule has 3 heteroatoms. The number of ether oxygens (including phenoxy) is 1. The summed E-state index contributed by atoms with van der Waals surface area (Å²) in [5, 5.41) is 20.3. The maximum absolute atomic E-state index is 10.2. The van der Waals surface area contributed by atoms with Crippen molar-refractivity contribution < 1.29 is 14.9 Å². The molecule has 0 aromatic rings. The van der Waals surface area contributed by atoms with E-state index in [9.17, 15) is 10.2 Å². The summed E-state index contributed by atoms with van der Waals surface area (Å²) in [6.45, 7) is 17.4. The van der Waals surface area contributed by atoms with Crippen molar-refractivity contribution in [2.24, 2.45) is 28.6 Å². The third-order valence-corrected chi connectivity index (χ3v) is 10.5. The van der Waals surface area contributed by atoms with Crippen molar-refractivity contribution in [3.05, 3.63) is 47.6 Å². The van der Waals surface area contributed by atoms with Crippen LogP contribution in [0.5, 0.6) is 0 Å². The van der Waals surface area contributed by atoms with Gasteiger partial charge in [0.2, 0.25) is 0 Å². The van der Waals surface area contributed by atoms with E-state index in [1.54, 1.807) is 5.57 Å². The molecule has 196 valence electrons.